The summed E-state index contributed by atoms with van der Waals surface area (Å²) in [6, 6.07) is 3.62. The van der Waals surface area contributed by atoms with Gasteiger partial charge in [-0.15, -0.1) is 12.4 Å². The summed E-state index contributed by atoms with van der Waals surface area (Å²) in [6.07, 6.45) is 3.39. The molecule has 0 amide bonds. The second kappa shape index (κ2) is 3.35. The summed E-state index contributed by atoms with van der Waals surface area (Å²) < 4.78 is 1.43. The lowest BCUT2D eigenvalue weighted by atomic mass is 10.7. The maximum absolute atomic E-state index is 8.14. The first-order valence-corrected chi connectivity index (χ1v) is 1.96. The largest absolute Gasteiger partial charge is 0.275 e. The summed E-state index contributed by atoms with van der Waals surface area (Å²) in [7, 11) is 0. The molecule has 46 valence electrons. The van der Waals surface area contributed by atoms with Gasteiger partial charge in [0.05, 0.1) is 0 Å². The predicted octanol–water partition coefficient (Wildman–Crippen LogP) is 0.843. The van der Waals surface area contributed by atoms with Gasteiger partial charge in [0.25, 0.3) is 0 Å². The van der Waals surface area contributed by atoms with E-state index in [0.717, 1.165) is 0 Å². The normalized spacial score (nSPS) is 7.62. The lowest BCUT2D eigenvalue weighted by Crippen LogP contribution is -2.04. The molecule has 2 N–H and O–H groups in total. The molecule has 0 atom stereocenters. The van der Waals surface area contributed by atoms with Crippen molar-refractivity contribution in [3.63, 3.8) is 0 Å². The van der Waals surface area contributed by atoms with Crippen molar-refractivity contribution in [2.75, 3.05) is 5.59 Å². The molecular weight excluding hydrogens is 128 g/mol. The first kappa shape index (κ1) is 7.33. The predicted molar refractivity (Wildman–Crippen MR) is 32.8 cm³/mol. The fourth-order valence-electron chi connectivity index (χ4n) is 0.401. The molecule has 1 aromatic heterocycles. The van der Waals surface area contributed by atoms with Crippen LogP contribution in [0.2, 0.25) is 0 Å². The molecule has 0 aliphatic carbocycles. The van der Waals surface area contributed by atoms with Crippen LogP contribution in [0, 0.1) is 0 Å². The third-order valence-electron chi connectivity index (χ3n) is 0.720. The molecule has 0 spiro atoms. The number of aromatic nitrogens is 1. The van der Waals surface area contributed by atoms with Crippen molar-refractivity contribution in [2.24, 2.45) is 0 Å². The number of halogens is 1. The highest BCUT2D eigenvalue weighted by Crippen LogP contribution is 1.81. The SMILES string of the molecule is Cl.ONn1cccc1. The van der Waals surface area contributed by atoms with Gasteiger partial charge in [-0.25, -0.2) is 5.59 Å². The molecule has 1 heterocycles. The van der Waals surface area contributed by atoms with Gasteiger partial charge >= 0.3 is 0 Å². The van der Waals surface area contributed by atoms with Crippen LogP contribution < -0.4 is 5.59 Å². The van der Waals surface area contributed by atoms with E-state index >= 15 is 0 Å². The van der Waals surface area contributed by atoms with Crippen molar-refractivity contribution in [1.82, 2.24) is 4.68 Å². The molecule has 0 fully saturated rings. The van der Waals surface area contributed by atoms with E-state index in [4.69, 9.17) is 5.21 Å². The van der Waals surface area contributed by atoms with Crippen LogP contribution in [-0.4, -0.2) is 9.88 Å². The van der Waals surface area contributed by atoms with Crippen molar-refractivity contribution in [3.05, 3.63) is 24.5 Å². The molecule has 3 nitrogen and oxygen atoms in total. The van der Waals surface area contributed by atoms with Crippen LogP contribution in [-0.2, 0) is 0 Å². The highest BCUT2D eigenvalue weighted by atomic mass is 35.5. The maximum Gasteiger partial charge on any atom is 0.0281 e. The van der Waals surface area contributed by atoms with E-state index in [0.29, 0.717) is 0 Å². The minimum atomic E-state index is 0. The molecule has 0 unspecified atom stereocenters. The quantitative estimate of drug-likeness (QED) is 0.559. The van der Waals surface area contributed by atoms with E-state index in [1.54, 1.807) is 12.4 Å². The highest BCUT2D eigenvalue weighted by Gasteiger charge is 1.74. The zero-order chi connectivity index (χ0) is 5.11. The van der Waals surface area contributed by atoms with Crippen LogP contribution >= 0.6 is 12.4 Å². The molecule has 1 rings (SSSR count). The average Bonchev–Trinajstić information content (AvgIpc) is 2.14. The lowest BCUT2D eigenvalue weighted by molar-refractivity contribution is 0.318. The second-order valence-electron chi connectivity index (χ2n) is 1.19. The van der Waals surface area contributed by atoms with Gasteiger partial charge in [0, 0.05) is 12.4 Å². The van der Waals surface area contributed by atoms with Crippen LogP contribution in [0.5, 0.6) is 0 Å². The Balaban J connectivity index is 0.000000490. The summed E-state index contributed by atoms with van der Waals surface area (Å²) in [6.45, 7) is 0. The monoisotopic (exact) mass is 134 g/mol. The van der Waals surface area contributed by atoms with Gasteiger partial charge in [0.15, 0.2) is 0 Å². The van der Waals surface area contributed by atoms with E-state index in [1.165, 1.54) is 4.68 Å². The molecule has 0 saturated heterocycles. The highest BCUT2D eigenvalue weighted by molar-refractivity contribution is 5.85. The van der Waals surface area contributed by atoms with E-state index < -0.39 is 0 Å². The molecule has 0 saturated carbocycles. The number of nitrogens with one attached hydrogen (secondary N) is 1. The van der Waals surface area contributed by atoms with Crippen molar-refractivity contribution in [1.29, 1.82) is 0 Å². The summed E-state index contributed by atoms with van der Waals surface area (Å²) in [4.78, 5) is 0. The second-order valence-corrected chi connectivity index (χ2v) is 1.19. The lowest BCUT2D eigenvalue weighted by Gasteiger charge is -1.93. The minimum Gasteiger partial charge on any atom is -0.275 e. The van der Waals surface area contributed by atoms with Crippen LogP contribution in [0.3, 0.4) is 0 Å². The van der Waals surface area contributed by atoms with E-state index in [-0.39, 0.29) is 12.4 Å². The molecular formula is C4H7ClN2O. The van der Waals surface area contributed by atoms with Crippen LogP contribution in [0.25, 0.3) is 0 Å². The third kappa shape index (κ3) is 1.44. The Morgan fingerprint density at radius 3 is 2.00 bits per heavy atom. The Morgan fingerprint density at radius 1 is 1.25 bits per heavy atom. The molecule has 0 radical (unpaired) electrons. The molecule has 0 bridgehead atoms. The number of hydrogen-bond donors (Lipinski definition) is 2. The Labute approximate surface area is 53.3 Å². The van der Waals surface area contributed by atoms with E-state index in [1.807, 2.05) is 17.7 Å². The van der Waals surface area contributed by atoms with Gasteiger partial charge < -0.3 is 0 Å². The molecule has 8 heavy (non-hydrogen) atoms. The van der Waals surface area contributed by atoms with Crippen molar-refractivity contribution < 1.29 is 5.21 Å². The maximum atomic E-state index is 8.14. The summed E-state index contributed by atoms with van der Waals surface area (Å²) in [5, 5.41) is 8.14. The zero-order valence-corrected chi connectivity index (χ0v) is 4.93. The van der Waals surface area contributed by atoms with Crippen LogP contribution in [0.4, 0.5) is 0 Å². The molecule has 4 heteroatoms. The smallest absolute Gasteiger partial charge is 0.0281 e. The van der Waals surface area contributed by atoms with Gasteiger partial charge in [-0.3, -0.25) is 9.88 Å². The van der Waals surface area contributed by atoms with Gasteiger partial charge in [-0.05, 0) is 12.1 Å². The molecule has 0 aliphatic rings. The van der Waals surface area contributed by atoms with E-state index in [2.05, 4.69) is 0 Å². The summed E-state index contributed by atoms with van der Waals surface area (Å²) in [5.41, 5.74) is 1.92. The van der Waals surface area contributed by atoms with Crippen LogP contribution in [0.15, 0.2) is 24.5 Å². The fourth-order valence-corrected chi connectivity index (χ4v) is 0.401. The zero-order valence-electron chi connectivity index (χ0n) is 4.11. The Kier molecular flexibility index (Phi) is 3.07. The molecule has 0 aromatic carbocycles. The summed E-state index contributed by atoms with van der Waals surface area (Å²) in [5.74, 6) is 0. The number of rotatable bonds is 1. The topological polar surface area (TPSA) is 37.2 Å². The number of hydrogen-bond acceptors (Lipinski definition) is 2. The third-order valence-corrected chi connectivity index (χ3v) is 0.720. The van der Waals surface area contributed by atoms with Gasteiger partial charge in [0.1, 0.15) is 0 Å². The molecule has 1 aromatic rings. The summed E-state index contributed by atoms with van der Waals surface area (Å²) >= 11 is 0. The minimum absolute atomic E-state index is 0. The van der Waals surface area contributed by atoms with Crippen molar-refractivity contribution in [2.45, 2.75) is 0 Å². The molecule has 0 aliphatic heterocycles. The van der Waals surface area contributed by atoms with Gasteiger partial charge in [-0.2, -0.15) is 0 Å². The Hall–Kier alpha value is -0.670. The standard InChI is InChI=1S/C4H6N2O.ClH/c7-5-6-3-1-2-4-6;/h1-5,7H;1H. The first-order valence-electron chi connectivity index (χ1n) is 1.96. The van der Waals surface area contributed by atoms with E-state index in [9.17, 15) is 0 Å². The fraction of sp³-hybridized carbons (Fsp3) is 0. The first-order chi connectivity index (χ1) is 3.43. The van der Waals surface area contributed by atoms with Crippen LogP contribution in [0.1, 0.15) is 0 Å². The Morgan fingerprint density at radius 2 is 1.75 bits per heavy atom. The average molecular weight is 135 g/mol. The van der Waals surface area contributed by atoms with Gasteiger partial charge in [0.2, 0.25) is 0 Å². The van der Waals surface area contributed by atoms with Crippen molar-refractivity contribution >= 4 is 12.4 Å². The Bertz CT molecular complexity index is 129. The van der Waals surface area contributed by atoms with Crippen molar-refractivity contribution in [3.8, 4) is 0 Å². The number of nitrogens with zero attached hydrogens (tertiary/aromatic N) is 1. The van der Waals surface area contributed by atoms with Gasteiger partial charge in [-0.1, -0.05) is 0 Å².